The smallest absolute Gasteiger partial charge is 0.245 e. The van der Waals surface area contributed by atoms with Crippen molar-refractivity contribution in [2.24, 2.45) is 17.8 Å². The second kappa shape index (κ2) is 7.68. The van der Waals surface area contributed by atoms with Gasteiger partial charge in [-0.3, -0.25) is 4.79 Å². The SMILES string of the molecule is C[C@@H]1C[C@@H](C)CN(C(=O)[C@H]2CCCN(S(=O)(=O)c3cccc4nsnc34)C2)C1. The second-order valence-electron chi connectivity index (χ2n) is 8.28. The molecule has 2 saturated heterocycles. The third kappa shape index (κ3) is 3.67. The summed E-state index contributed by atoms with van der Waals surface area (Å²) in [6.07, 6.45) is 2.58. The minimum atomic E-state index is -3.71. The molecule has 28 heavy (non-hydrogen) atoms. The van der Waals surface area contributed by atoms with Crippen LogP contribution in [0, 0.1) is 17.8 Å². The number of carbonyl (C=O) groups is 1. The first kappa shape index (κ1) is 19.7. The van der Waals surface area contributed by atoms with E-state index in [0.717, 1.165) is 37.7 Å². The van der Waals surface area contributed by atoms with Crippen LogP contribution in [0.25, 0.3) is 11.0 Å². The molecule has 4 rings (SSSR count). The molecular formula is C19H26N4O3S2. The molecule has 2 aliphatic rings. The van der Waals surface area contributed by atoms with E-state index in [4.69, 9.17) is 0 Å². The number of benzene rings is 1. The monoisotopic (exact) mass is 422 g/mol. The molecule has 0 spiro atoms. The van der Waals surface area contributed by atoms with Crippen molar-refractivity contribution in [2.75, 3.05) is 26.2 Å². The molecular weight excluding hydrogens is 396 g/mol. The third-order valence-corrected chi connectivity index (χ3v) is 8.22. The molecule has 2 aliphatic heterocycles. The van der Waals surface area contributed by atoms with Crippen molar-refractivity contribution in [2.45, 2.75) is 38.0 Å². The molecule has 2 fully saturated rings. The van der Waals surface area contributed by atoms with Gasteiger partial charge in [0.25, 0.3) is 0 Å². The highest BCUT2D eigenvalue weighted by atomic mass is 32.2. The maximum atomic E-state index is 13.3. The number of likely N-dealkylation sites (tertiary alicyclic amines) is 1. The summed E-state index contributed by atoms with van der Waals surface area (Å²) in [6.45, 7) is 6.58. The van der Waals surface area contributed by atoms with Gasteiger partial charge in [0.2, 0.25) is 15.9 Å². The fourth-order valence-electron chi connectivity index (χ4n) is 4.59. The average Bonchev–Trinajstić information content (AvgIpc) is 3.15. The third-order valence-electron chi connectivity index (χ3n) is 5.78. The Hall–Kier alpha value is -1.58. The first-order chi connectivity index (χ1) is 13.4. The summed E-state index contributed by atoms with van der Waals surface area (Å²) in [5.74, 6) is 0.817. The van der Waals surface area contributed by atoms with E-state index in [2.05, 4.69) is 22.6 Å². The Morgan fingerprint density at radius 2 is 1.89 bits per heavy atom. The van der Waals surface area contributed by atoms with Crippen LogP contribution < -0.4 is 0 Å². The molecule has 9 heteroatoms. The van der Waals surface area contributed by atoms with E-state index in [9.17, 15) is 13.2 Å². The van der Waals surface area contributed by atoms with Gasteiger partial charge in [0.1, 0.15) is 15.9 Å². The Kier molecular flexibility index (Phi) is 5.41. The van der Waals surface area contributed by atoms with E-state index >= 15 is 0 Å². The zero-order valence-corrected chi connectivity index (χ0v) is 17.9. The van der Waals surface area contributed by atoms with Gasteiger partial charge in [-0.25, -0.2) is 8.42 Å². The van der Waals surface area contributed by atoms with Crippen LogP contribution in [-0.2, 0) is 14.8 Å². The molecule has 3 atom stereocenters. The van der Waals surface area contributed by atoms with Gasteiger partial charge < -0.3 is 4.90 Å². The minimum absolute atomic E-state index is 0.104. The van der Waals surface area contributed by atoms with Crippen LogP contribution in [0.4, 0.5) is 0 Å². The van der Waals surface area contributed by atoms with Gasteiger partial charge in [0.05, 0.1) is 17.6 Å². The van der Waals surface area contributed by atoms with E-state index in [1.807, 2.05) is 4.90 Å². The topological polar surface area (TPSA) is 83.5 Å². The zero-order valence-electron chi connectivity index (χ0n) is 16.2. The Bertz CT molecular complexity index is 964. The Balaban J connectivity index is 1.55. The summed E-state index contributed by atoms with van der Waals surface area (Å²) in [5.41, 5.74) is 1.01. The molecule has 0 bridgehead atoms. The number of hydrogen-bond donors (Lipinski definition) is 0. The van der Waals surface area contributed by atoms with Crippen LogP contribution >= 0.6 is 11.7 Å². The summed E-state index contributed by atoms with van der Waals surface area (Å²) in [5, 5.41) is 0. The summed E-state index contributed by atoms with van der Waals surface area (Å²) >= 11 is 1.01. The number of piperidine rings is 2. The van der Waals surface area contributed by atoms with Crippen molar-refractivity contribution in [1.29, 1.82) is 0 Å². The normalized spacial score (nSPS) is 27.2. The number of nitrogens with zero attached hydrogens (tertiary/aromatic N) is 4. The molecule has 1 amide bonds. The number of carbonyl (C=O) groups excluding carboxylic acids is 1. The molecule has 1 aromatic heterocycles. The van der Waals surface area contributed by atoms with Crippen LogP contribution in [-0.4, -0.2) is 58.5 Å². The zero-order chi connectivity index (χ0) is 19.9. The number of aromatic nitrogens is 2. The quantitative estimate of drug-likeness (QED) is 0.759. The Labute approximate surface area is 170 Å². The van der Waals surface area contributed by atoms with Gasteiger partial charge in [0.15, 0.2) is 0 Å². The number of fused-ring (bicyclic) bond motifs is 1. The fraction of sp³-hybridized carbons (Fsp3) is 0.632. The minimum Gasteiger partial charge on any atom is -0.342 e. The standard InChI is InChI=1S/C19H26N4O3S2/c1-13-9-14(2)11-22(10-13)19(24)15-5-4-8-23(12-15)28(25,26)17-7-3-6-16-18(17)21-27-20-16/h3,6-7,13-15H,4-5,8-12H2,1-2H3/t13-,14-,15+/m1/s1. The van der Waals surface area contributed by atoms with Gasteiger partial charge in [-0.1, -0.05) is 19.9 Å². The molecule has 2 aromatic rings. The number of amides is 1. The van der Waals surface area contributed by atoms with Gasteiger partial charge in [-0.15, -0.1) is 0 Å². The van der Waals surface area contributed by atoms with Crippen LogP contribution in [0.1, 0.15) is 33.1 Å². The Morgan fingerprint density at radius 3 is 2.64 bits per heavy atom. The summed E-state index contributed by atoms with van der Waals surface area (Å²) in [6, 6.07) is 5.04. The predicted octanol–water partition coefficient (Wildman–Crippen LogP) is 2.60. The second-order valence-corrected chi connectivity index (χ2v) is 10.7. The highest BCUT2D eigenvalue weighted by Gasteiger charge is 2.37. The maximum absolute atomic E-state index is 13.3. The molecule has 0 saturated carbocycles. The molecule has 1 aromatic carbocycles. The lowest BCUT2D eigenvalue weighted by Crippen LogP contribution is -2.50. The van der Waals surface area contributed by atoms with Crippen molar-refractivity contribution in [1.82, 2.24) is 18.0 Å². The Morgan fingerprint density at radius 1 is 1.14 bits per heavy atom. The van der Waals surface area contributed by atoms with Crippen molar-refractivity contribution < 1.29 is 13.2 Å². The number of hydrogen-bond acceptors (Lipinski definition) is 6. The van der Waals surface area contributed by atoms with Crippen LogP contribution in [0.15, 0.2) is 23.1 Å². The van der Waals surface area contributed by atoms with E-state index in [-0.39, 0.29) is 23.3 Å². The van der Waals surface area contributed by atoms with Crippen LogP contribution in [0.5, 0.6) is 0 Å². The summed E-state index contributed by atoms with van der Waals surface area (Å²) in [4.78, 5) is 15.2. The van der Waals surface area contributed by atoms with E-state index in [1.54, 1.807) is 18.2 Å². The van der Waals surface area contributed by atoms with Gasteiger partial charge in [-0.05, 0) is 43.2 Å². The lowest BCUT2D eigenvalue weighted by atomic mass is 9.90. The van der Waals surface area contributed by atoms with Crippen molar-refractivity contribution in [3.63, 3.8) is 0 Å². The van der Waals surface area contributed by atoms with Crippen molar-refractivity contribution in [3.8, 4) is 0 Å². The summed E-state index contributed by atoms with van der Waals surface area (Å²) < 4.78 is 36.4. The molecule has 152 valence electrons. The lowest BCUT2D eigenvalue weighted by Gasteiger charge is -2.39. The fourth-order valence-corrected chi connectivity index (χ4v) is 6.87. The molecule has 7 nitrogen and oxygen atoms in total. The van der Waals surface area contributed by atoms with Crippen LogP contribution in [0.3, 0.4) is 0 Å². The average molecular weight is 423 g/mol. The largest absolute Gasteiger partial charge is 0.342 e. The maximum Gasteiger partial charge on any atom is 0.245 e. The highest BCUT2D eigenvalue weighted by Crippen LogP contribution is 2.30. The number of sulfonamides is 1. The van der Waals surface area contributed by atoms with E-state index in [0.29, 0.717) is 35.8 Å². The first-order valence-electron chi connectivity index (χ1n) is 9.86. The molecule has 0 unspecified atom stereocenters. The van der Waals surface area contributed by atoms with Crippen molar-refractivity contribution in [3.05, 3.63) is 18.2 Å². The van der Waals surface area contributed by atoms with Crippen LogP contribution in [0.2, 0.25) is 0 Å². The lowest BCUT2D eigenvalue weighted by molar-refractivity contribution is -0.139. The highest BCUT2D eigenvalue weighted by molar-refractivity contribution is 7.89. The summed E-state index contributed by atoms with van der Waals surface area (Å²) in [7, 11) is -3.71. The molecule has 0 radical (unpaired) electrons. The molecule has 3 heterocycles. The first-order valence-corrected chi connectivity index (χ1v) is 12.0. The van der Waals surface area contributed by atoms with Crippen molar-refractivity contribution >= 4 is 38.7 Å². The number of rotatable bonds is 3. The predicted molar refractivity (Wildman–Crippen MR) is 108 cm³/mol. The molecule has 0 aliphatic carbocycles. The van der Waals surface area contributed by atoms with E-state index < -0.39 is 10.0 Å². The van der Waals surface area contributed by atoms with Gasteiger partial charge in [0, 0.05) is 26.2 Å². The van der Waals surface area contributed by atoms with E-state index in [1.165, 1.54) is 4.31 Å². The van der Waals surface area contributed by atoms with Gasteiger partial charge in [-0.2, -0.15) is 13.1 Å². The molecule has 0 N–H and O–H groups in total. The van der Waals surface area contributed by atoms with Gasteiger partial charge >= 0.3 is 0 Å².